The fourth-order valence-electron chi connectivity index (χ4n) is 5.51. The van der Waals surface area contributed by atoms with Crippen LogP contribution in [-0.2, 0) is 11.8 Å². The number of amides is 1. The monoisotopic (exact) mass is 508 g/mol. The van der Waals surface area contributed by atoms with Crippen LogP contribution in [0.3, 0.4) is 0 Å². The highest BCUT2D eigenvalue weighted by atomic mass is 16.5. The maximum atomic E-state index is 12.9. The summed E-state index contributed by atoms with van der Waals surface area (Å²) < 4.78 is 7.04. The van der Waals surface area contributed by atoms with E-state index in [-0.39, 0.29) is 40.0 Å². The van der Waals surface area contributed by atoms with Gasteiger partial charge in [0.2, 0.25) is 0 Å². The maximum absolute atomic E-state index is 12.9. The molecule has 11 nitrogen and oxygen atoms in total. The van der Waals surface area contributed by atoms with Gasteiger partial charge in [-0.1, -0.05) is 19.8 Å². The first-order valence-electron chi connectivity index (χ1n) is 12.6. The summed E-state index contributed by atoms with van der Waals surface area (Å²) in [5, 5.41) is 21.8. The van der Waals surface area contributed by atoms with E-state index in [2.05, 4.69) is 27.6 Å². The molecular formula is C26H32N6O5. The molecule has 5 rings (SSSR count). The summed E-state index contributed by atoms with van der Waals surface area (Å²) in [5.41, 5.74) is 0.596. The van der Waals surface area contributed by atoms with Crippen molar-refractivity contribution < 1.29 is 14.6 Å². The maximum Gasteiger partial charge on any atom is 0.276 e. The van der Waals surface area contributed by atoms with Crippen molar-refractivity contribution in [2.45, 2.75) is 45.6 Å². The van der Waals surface area contributed by atoms with E-state index in [1.165, 1.54) is 12.3 Å². The van der Waals surface area contributed by atoms with Gasteiger partial charge in [-0.05, 0) is 36.8 Å². The Labute approximate surface area is 214 Å². The molecule has 11 heteroatoms. The smallest absolute Gasteiger partial charge is 0.276 e. The molecule has 196 valence electrons. The standard InChI is InChI=1S/C26H32N6O5/c1-15-14-31(3)30-17(15)24(26(2)7-4-5-8-26)29-19-18(22(34)23(19)35)28-16-6-9-27-20(21(16)33)25(36)32-10-12-37-13-11-32/h6,9,14,24,29,33H,4-5,7-8,10-13H2,1-3H3,(H,27,28)/t24-/m0/s1. The third-order valence-electron chi connectivity index (χ3n) is 7.65. The highest BCUT2D eigenvalue weighted by molar-refractivity contribution is 5.97. The Morgan fingerprint density at radius 1 is 1.16 bits per heavy atom. The van der Waals surface area contributed by atoms with Gasteiger partial charge in [0.15, 0.2) is 11.4 Å². The summed E-state index contributed by atoms with van der Waals surface area (Å²) in [6.07, 6.45) is 7.43. The number of ether oxygens (including phenoxy) is 1. The van der Waals surface area contributed by atoms with Crippen LogP contribution in [0, 0.1) is 12.3 Å². The molecule has 3 aromatic rings. The largest absolute Gasteiger partial charge is 0.504 e. The number of aromatic hydroxyl groups is 1. The lowest BCUT2D eigenvalue weighted by atomic mass is 9.78. The average molecular weight is 509 g/mol. The van der Waals surface area contributed by atoms with Crippen molar-refractivity contribution in [1.82, 2.24) is 19.7 Å². The molecule has 3 N–H and O–H groups in total. The first-order valence-corrected chi connectivity index (χ1v) is 12.6. The molecule has 1 amide bonds. The Morgan fingerprint density at radius 2 is 1.84 bits per heavy atom. The highest BCUT2D eigenvalue weighted by Crippen LogP contribution is 2.49. The molecule has 2 aliphatic rings. The molecule has 0 spiro atoms. The van der Waals surface area contributed by atoms with Gasteiger partial charge in [0.25, 0.3) is 16.8 Å². The summed E-state index contributed by atoms with van der Waals surface area (Å²) >= 11 is 0. The van der Waals surface area contributed by atoms with Crippen LogP contribution in [0.5, 0.6) is 5.75 Å². The second-order valence-corrected chi connectivity index (χ2v) is 10.3. The second kappa shape index (κ2) is 9.62. The summed E-state index contributed by atoms with van der Waals surface area (Å²) in [5.74, 6) is -0.800. The predicted octanol–water partition coefficient (Wildman–Crippen LogP) is 2.37. The van der Waals surface area contributed by atoms with Crippen molar-refractivity contribution >= 4 is 23.0 Å². The van der Waals surface area contributed by atoms with Crippen molar-refractivity contribution in [3.05, 3.63) is 55.9 Å². The molecule has 0 radical (unpaired) electrons. The lowest BCUT2D eigenvalue weighted by molar-refractivity contribution is 0.0297. The molecule has 1 saturated heterocycles. The van der Waals surface area contributed by atoms with Crippen molar-refractivity contribution in [3.8, 4) is 5.75 Å². The molecule has 2 fully saturated rings. The van der Waals surface area contributed by atoms with Gasteiger partial charge in [-0.25, -0.2) is 4.98 Å². The van der Waals surface area contributed by atoms with Crippen molar-refractivity contribution in [3.63, 3.8) is 0 Å². The lowest BCUT2D eigenvalue weighted by Crippen LogP contribution is -2.41. The zero-order valence-corrected chi connectivity index (χ0v) is 21.3. The summed E-state index contributed by atoms with van der Waals surface area (Å²) in [6.45, 7) is 5.80. The van der Waals surface area contributed by atoms with Crippen molar-refractivity contribution in [2.24, 2.45) is 12.5 Å². The molecule has 1 aliphatic carbocycles. The number of nitrogens with one attached hydrogen (secondary N) is 2. The van der Waals surface area contributed by atoms with Gasteiger partial charge in [-0.2, -0.15) is 5.10 Å². The molecule has 1 aromatic carbocycles. The first kappa shape index (κ1) is 24.9. The Kier molecular flexibility index (Phi) is 6.49. The van der Waals surface area contributed by atoms with Crippen LogP contribution in [0.2, 0.25) is 0 Å². The number of anilines is 3. The number of pyridine rings is 1. The van der Waals surface area contributed by atoms with Crippen molar-refractivity contribution in [2.75, 3.05) is 36.9 Å². The fourth-order valence-corrected chi connectivity index (χ4v) is 5.51. The minimum absolute atomic E-state index is 0.0523. The van der Waals surface area contributed by atoms with E-state index in [0.717, 1.165) is 36.9 Å². The van der Waals surface area contributed by atoms with Crippen LogP contribution in [0.25, 0.3) is 0 Å². The molecule has 2 aromatic heterocycles. The summed E-state index contributed by atoms with van der Waals surface area (Å²) in [6, 6.07) is 1.19. The van der Waals surface area contributed by atoms with E-state index in [1.807, 2.05) is 20.2 Å². The van der Waals surface area contributed by atoms with Crippen LogP contribution >= 0.6 is 0 Å². The van der Waals surface area contributed by atoms with Crippen LogP contribution in [0.4, 0.5) is 17.1 Å². The Morgan fingerprint density at radius 3 is 2.49 bits per heavy atom. The molecule has 1 atom stereocenters. The average Bonchev–Trinajstić information content (AvgIpc) is 3.49. The van der Waals surface area contributed by atoms with Gasteiger partial charge < -0.3 is 25.4 Å². The topological polar surface area (TPSA) is 139 Å². The zero-order valence-electron chi connectivity index (χ0n) is 21.3. The third kappa shape index (κ3) is 4.48. The van der Waals surface area contributed by atoms with Crippen molar-refractivity contribution in [1.29, 1.82) is 0 Å². The molecule has 0 bridgehead atoms. The fraction of sp³-hybridized carbons (Fsp3) is 0.500. The van der Waals surface area contributed by atoms with Crippen LogP contribution in [0.1, 0.15) is 60.4 Å². The van der Waals surface area contributed by atoms with E-state index < -0.39 is 16.8 Å². The number of aromatic nitrogens is 3. The minimum atomic E-state index is -0.687. The van der Waals surface area contributed by atoms with E-state index in [1.54, 1.807) is 9.58 Å². The Hall–Kier alpha value is -3.73. The number of carbonyl (C=O) groups excluding carboxylic acids is 1. The van der Waals surface area contributed by atoms with E-state index in [4.69, 9.17) is 4.74 Å². The van der Waals surface area contributed by atoms with Crippen LogP contribution in [0.15, 0.2) is 28.0 Å². The van der Waals surface area contributed by atoms with Crippen LogP contribution < -0.4 is 21.5 Å². The summed E-state index contributed by atoms with van der Waals surface area (Å²) in [7, 11) is 1.86. The SMILES string of the molecule is Cc1cn(C)nc1[C@H](Nc1c(Nc2ccnc(C(=O)N3CCOCC3)c2O)c(=O)c1=O)C1(C)CCCC1. The van der Waals surface area contributed by atoms with Crippen LogP contribution in [-0.4, -0.2) is 57.0 Å². The number of nitrogens with zero attached hydrogens (tertiary/aromatic N) is 4. The highest BCUT2D eigenvalue weighted by Gasteiger charge is 2.41. The number of carbonyl (C=O) groups is 1. The predicted molar refractivity (Wildman–Crippen MR) is 138 cm³/mol. The van der Waals surface area contributed by atoms with E-state index >= 15 is 0 Å². The Balaban J connectivity index is 1.45. The number of hydrogen-bond donors (Lipinski definition) is 3. The van der Waals surface area contributed by atoms with Gasteiger partial charge in [0.05, 0.1) is 30.6 Å². The van der Waals surface area contributed by atoms with E-state index in [9.17, 15) is 19.5 Å². The van der Waals surface area contributed by atoms with Gasteiger partial charge in [-0.3, -0.25) is 19.1 Å². The molecule has 0 unspecified atom stereocenters. The van der Waals surface area contributed by atoms with E-state index in [0.29, 0.717) is 26.3 Å². The van der Waals surface area contributed by atoms with Gasteiger partial charge >= 0.3 is 0 Å². The molecular weight excluding hydrogens is 476 g/mol. The number of rotatable bonds is 7. The number of aryl methyl sites for hydroxylation is 2. The van der Waals surface area contributed by atoms with Gasteiger partial charge in [0.1, 0.15) is 11.4 Å². The zero-order chi connectivity index (χ0) is 26.3. The normalized spacial score (nSPS) is 18.2. The third-order valence-corrected chi connectivity index (χ3v) is 7.65. The lowest BCUT2D eigenvalue weighted by Gasteiger charge is -2.35. The summed E-state index contributed by atoms with van der Waals surface area (Å²) in [4.78, 5) is 43.9. The quantitative estimate of drug-likeness (QED) is 0.411. The van der Waals surface area contributed by atoms with Gasteiger partial charge in [0, 0.05) is 32.5 Å². The molecule has 1 saturated carbocycles. The van der Waals surface area contributed by atoms with Gasteiger partial charge in [-0.15, -0.1) is 0 Å². The molecule has 3 heterocycles. The molecule has 37 heavy (non-hydrogen) atoms. The number of hydrogen-bond acceptors (Lipinski definition) is 9. The number of morpholine rings is 1. The second-order valence-electron chi connectivity index (χ2n) is 10.3. The minimum Gasteiger partial charge on any atom is -0.504 e. The molecule has 1 aliphatic heterocycles. The Bertz CT molecular complexity index is 1390. The first-order chi connectivity index (χ1) is 17.7.